The zero-order chi connectivity index (χ0) is 15.9. The van der Waals surface area contributed by atoms with Crippen LogP contribution < -0.4 is 10.6 Å². The van der Waals surface area contributed by atoms with Crippen molar-refractivity contribution < 1.29 is 4.79 Å². The Morgan fingerprint density at radius 2 is 2.14 bits per heavy atom. The number of hydrogen-bond donors (Lipinski definition) is 1. The third-order valence-corrected chi connectivity index (χ3v) is 4.28. The number of nitriles is 1. The molecular formula is C17H22ClN3O. The predicted octanol–water partition coefficient (Wildman–Crippen LogP) is 3.47. The Balaban J connectivity index is 1.92. The number of unbranched alkanes of at least 4 members (excludes halogenated alkanes) is 2. The fraction of sp³-hybridized carbons (Fsp3) is 0.529. The first-order valence-electron chi connectivity index (χ1n) is 7.83. The van der Waals surface area contributed by atoms with Crippen LogP contribution in [-0.2, 0) is 4.79 Å². The number of rotatable bonds is 9. The molecule has 22 heavy (non-hydrogen) atoms. The van der Waals surface area contributed by atoms with Crippen molar-refractivity contribution in [3.8, 4) is 6.07 Å². The second-order valence-corrected chi connectivity index (χ2v) is 6.35. The Kier molecular flexibility index (Phi) is 6.09. The molecule has 2 rings (SSSR count). The second-order valence-electron chi connectivity index (χ2n) is 5.94. The van der Waals surface area contributed by atoms with E-state index in [9.17, 15) is 4.79 Å². The molecule has 1 aromatic rings. The molecule has 1 fully saturated rings. The Morgan fingerprint density at radius 3 is 2.73 bits per heavy atom. The van der Waals surface area contributed by atoms with E-state index in [1.807, 2.05) is 12.1 Å². The number of nitrogens with zero attached hydrogens (tertiary/aromatic N) is 2. The molecule has 0 spiro atoms. The minimum Gasteiger partial charge on any atom is -0.371 e. The summed E-state index contributed by atoms with van der Waals surface area (Å²) in [5, 5.41) is 9.47. The summed E-state index contributed by atoms with van der Waals surface area (Å²) >= 11 is 6.14. The lowest BCUT2D eigenvalue weighted by Crippen LogP contribution is -2.27. The van der Waals surface area contributed by atoms with Gasteiger partial charge in [-0.3, -0.25) is 4.79 Å². The summed E-state index contributed by atoms with van der Waals surface area (Å²) in [6, 6.07) is 7.72. The first kappa shape index (κ1) is 16.6. The van der Waals surface area contributed by atoms with Crippen molar-refractivity contribution in [3.05, 3.63) is 28.8 Å². The molecule has 0 heterocycles. The molecule has 0 bridgehead atoms. The fourth-order valence-electron chi connectivity index (χ4n) is 2.51. The highest BCUT2D eigenvalue weighted by atomic mass is 35.5. The van der Waals surface area contributed by atoms with Gasteiger partial charge in [0.1, 0.15) is 6.07 Å². The predicted molar refractivity (Wildman–Crippen MR) is 88.8 cm³/mol. The fourth-order valence-corrected chi connectivity index (χ4v) is 2.72. The molecule has 1 aromatic carbocycles. The summed E-state index contributed by atoms with van der Waals surface area (Å²) in [5.74, 6) is 0.550. The van der Waals surface area contributed by atoms with Crippen molar-refractivity contribution in [2.75, 3.05) is 18.0 Å². The molecule has 0 aliphatic heterocycles. The average molecular weight is 320 g/mol. The minimum atomic E-state index is -0.228. The number of nitrogens with two attached hydrogens (primary N) is 1. The van der Waals surface area contributed by atoms with Gasteiger partial charge in [0.25, 0.3) is 0 Å². The molecule has 118 valence electrons. The van der Waals surface area contributed by atoms with Crippen molar-refractivity contribution in [3.63, 3.8) is 0 Å². The third kappa shape index (κ3) is 5.23. The maximum atomic E-state index is 10.7. The van der Waals surface area contributed by atoms with Gasteiger partial charge in [-0.1, -0.05) is 18.0 Å². The monoisotopic (exact) mass is 319 g/mol. The van der Waals surface area contributed by atoms with Crippen LogP contribution in [0.1, 0.15) is 44.1 Å². The summed E-state index contributed by atoms with van der Waals surface area (Å²) in [6.07, 6.45) is 5.92. The molecule has 1 aliphatic carbocycles. The van der Waals surface area contributed by atoms with Gasteiger partial charge in [-0.15, -0.1) is 0 Å². The van der Waals surface area contributed by atoms with Crippen molar-refractivity contribution in [1.82, 2.24) is 0 Å². The molecule has 0 atom stereocenters. The summed E-state index contributed by atoms with van der Waals surface area (Å²) in [6.45, 7) is 1.98. The zero-order valence-corrected chi connectivity index (χ0v) is 13.5. The van der Waals surface area contributed by atoms with Gasteiger partial charge in [-0.25, -0.2) is 0 Å². The van der Waals surface area contributed by atoms with Gasteiger partial charge in [0.05, 0.1) is 10.6 Å². The molecule has 5 heteroatoms. The molecular weight excluding hydrogens is 298 g/mol. The normalized spacial score (nSPS) is 13.6. The van der Waals surface area contributed by atoms with E-state index in [-0.39, 0.29) is 5.91 Å². The number of carbonyl (C=O) groups excluding carboxylic acids is 1. The first-order valence-corrected chi connectivity index (χ1v) is 8.21. The molecule has 1 aliphatic rings. The lowest BCUT2D eigenvalue weighted by Gasteiger charge is -2.25. The minimum absolute atomic E-state index is 0.228. The molecule has 2 N–H and O–H groups in total. The first-order chi connectivity index (χ1) is 10.6. The van der Waals surface area contributed by atoms with Gasteiger partial charge in [0.15, 0.2) is 0 Å². The zero-order valence-electron chi connectivity index (χ0n) is 12.7. The number of carbonyl (C=O) groups is 1. The Bertz CT molecular complexity index is 564. The maximum Gasteiger partial charge on any atom is 0.217 e. The van der Waals surface area contributed by atoms with Crippen LogP contribution in [-0.4, -0.2) is 19.0 Å². The largest absolute Gasteiger partial charge is 0.371 e. The van der Waals surface area contributed by atoms with Crippen molar-refractivity contribution in [1.29, 1.82) is 5.26 Å². The van der Waals surface area contributed by atoms with E-state index in [0.29, 0.717) is 17.0 Å². The summed E-state index contributed by atoms with van der Waals surface area (Å²) in [5.41, 5.74) is 6.74. The summed E-state index contributed by atoms with van der Waals surface area (Å²) in [7, 11) is 0. The Hall–Kier alpha value is -1.73. The summed E-state index contributed by atoms with van der Waals surface area (Å²) < 4.78 is 0. The van der Waals surface area contributed by atoms with Gasteiger partial charge in [0, 0.05) is 25.2 Å². The van der Waals surface area contributed by atoms with E-state index in [0.717, 1.165) is 44.0 Å². The highest BCUT2D eigenvalue weighted by Crippen LogP contribution is 2.32. The molecule has 1 saturated carbocycles. The van der Waals surface area contributed by atoms with Crippen LogP contribution >= 0.6 is 11.6 Å². The van der Waals surface area contributed by atoms with Crippen LogP contribution in [0.15, 0.2) is 18.2 Å². The number of primary amides is 1. The van der Waals surface area contributed by atoms with E-state index < -0.39 is 0 Å². The number of benzene rings is 1. The highest BCUT2D eigenvalue weighted by molar-refractivity contribution is 6.32. The van der Waals surface area contributed by atoms with Crippen LogP contribution in [0.25, 0.3) is 0 Å². The Labute approximate surface area is 136 Å². The highest BCUT2D eigenvalue weighted by Gasteiger charge is 2.24. The number of anilines is 1. The standard InChI is InChI=1S/C17H22ClN3O/c18-16-10-15(8-7-14(16)11-19)21(12-13-5-6-13)9-3-1-2-4-17(20)22/h7-8,10,13H,1-6,9,12H2,(H2,20,22). The number of halogens is 1. The lowest BCUT2D eigenvalue weighted by molar-refractivity contribution is -0.118. The van der Waals surface area contributed by atoms with Crippen LogP contribution in [0, 0.1) is 17.2 Å². The smallest absolute Gasteiger partial charge is 0.217 e. The van der Waals surface area contributed by atoms with Gasteiger partial charge in [-0.2, -0.15) is 5.26 Å². The quantitative estimate of drug-likeness (QED) is 0.708. The molecule has 0 aromatic heterocycles. The third-order valence-electron chi connectivity index (χ3n) is 3.96. The van der Waals surface area contributed by atoms with E-state index >= 15 is 0 Å². The van der Waals surface area contributed by atoms with Crippen LogP contribution in [0.3, 0.4) is 0 Å². The van der Waals surface area contributed by atoms with Gasteiger partial charge in [-0.05, 0) is 49.8 Å². The van der Waals surface area contributed by atoms with Crippen LogP contribution in [0.4, 0.5) is 5.69 Å². The Morgan fingerprint density at radius 1 is 1.36 bits per heavy atom. The van der Waals surface area contributed by atoms with Gasteiger partial charge in [0.2, 0.25) is 5.91 Å². The lowest BCUT2D eigenvalue weighted by atomic mass is 10.1. The van der Waals surface area contributed by atoms with Crippen molar-refractivity contribution >= 4 is 23.2 Å². The molecule has 0 unspecified atom stereocenters. The number of hydrogen-bond acceptors (Lipinski definition) is 3. The maximum absolute atomic E-state index is 10.7. The van der Waals surface area contributed by atoms with Crippen molar-refractivity contribution in [2.45, 2.75) is 38.5 Å². The van der Waals surface area contributed by atoms with E-state index in [1.54, 1.807) is 6.07 Å². The van der Waals surface area contributed by atoms with Crippen molar-refractivity contribution in [2.24, 2.45) is 11.7 Å². The molecule has 1 amide bonds. The SMILES string of the molecule is N#Cc1ccc(N(CCCCCC(N)=O)CC2CC2)cc1Cl. The van der Waals surface area contributed by atoms with Gasteiger partial charge >= 0.3 is 0 Å². The second kappa shape index (κ2) is 8.05. The van der Waals surface area contributed by atoms with E-state index in [1.165, 1.54) is 12.8 Å². The van der Waals surface area contributed by atoms with Crippen LogP contribution in [0.5, 0.6) is 0 Å². The summed E-state index contributed by atoms with van der Waals surface area (Å²) in [4.78, 5) is 13.1. The van der Waals surface area contributed by atoms with E-state index in [2.05, 4.69) is 11.0 Å². The topological polar surface area (TPSA) is 70.1 Å². The van der Waals surface area contributed by atoms with Crippen LogP contribution in [0.2, 0.25) is 5.02 Å². The molecule has 0 radical (unpaired) electrons. The van der Waals surface area contributed by atoms with E-state index in [4.69, 9.17) is 22.6 Å². The molecule has 4 nitrogen and oxygen atoms in total. The average Bonchev–Trinajstić information content (AvgIpc) is 3.29. The number of amides is 1. The van der Waals surface area contributed by atoms with Gasteiger partial charge < -0.3 is 10.6 Å². The molecule has 0 saturated heterocycles.